The van der Waals surface area contributed by atoms with Gasteiger partial charge in [0, 0.05) is 11.2 Å². The van der Waals surface area contributed by atoms with Crippen LogP contribution in [-0.2, 0) is 13.1 Å². The van der Waals surface area contributed by atoms with E-state index in [4.69, 9.17) is 23.8 Å². The van der Waals surface area contributed by atoms with Crippen LogP contribution in [0.2, 0.25) is 5.02 Å². The van der Waals surface area contributed by atoms with Crippen molar-refractivity contribution in [2.24, 2.45) is 0 Å². The Morgan fingerprint density at radius 1 is 1.00 bits per heavy atom. The summed E-state index contributed by atoms with van der Waals surface area (Å²) in [4.78, 5) is 0. The third-order valence-corrected chi connectivity index (χ3v) is 6.19. The zero-order chi connectivity index (χ0) is 22.7. The van der Waals surface area contributed by atoms with Crippen LogP contribution in [0.1, 0.15) is 22.5 Å². The minimum absolute atomic E-state index is 0.444. The van der Waals surface area contributed by atoms with Crippen LogP contribution in [0.4, 0.5) is 11.5 Å². The lowest BCUT2D eigenvalue weighted by atomic mass is 10.2. The molecule has 0 aliphatic carbocycles. The molecule has 0 saturated carbocycles. The molecule has 164 valence electrons. The maximum Gasteiger partial charge on any atom is 0.176 e. The first kappa shape index (κ1) is 22.5. The first-order chi connectivity index (χ1) is 15.4. The molecule has 0 saturated heterocycles. The fourth-order valence-electron chi connectivity index (χ4n) is 3.40. The van der Waals surface area contributed by atoms with Gasteiger partial charge in [-0.1, -0.05) is 60.1 Å². The maximum absolute atomic E-state index is 6.27. The molecule has 0 aliphatic heterocycles. The molecule has 0 spiro atoms. The van der Waals surface area contributed by atoms with Crippen molar-refractivity contribution >= 4 is 56.4 Å². The number of hydrogen-bond donors (Lipinski definition) is 2. The Hall–Kier alpha value is -2.68. The highest BCUT2D eigenvalue weighted by atomic mass is 79.9. The number of anilines is 2. The second kappa shape index (κ2) is 9.85. The number of benzene rings is 2. The van der Waals surface area contributed by atoms with Crippen LogP contribution in [-0.4, -0.2) is 24.7 Å². The molecule has 0 unspecified atom stereocenters. The number of halogens is 2. The van der Waals surface area contributed by atoms with Gasteiger partial charge in [-0.3, -0.25) is 9.36 Å². The summed E-state index contributed by atoms with van der Waals surface area (Å²) in [5.41, 5.74) is 4.97. The van der Waals surface area contributed by atoms with Crippen LogP contribution in [0, 0.1) is 13.8 Å². The predicted octanol–water partition coefficient (Wildman–Crippen LogP) is 6.02. The third-order valence-electron chi connectivity index (χ3n) is 5.03. The van der Waals surface area contributed by atoms with E-state index in [0.717, 1.165) is 27.1 Å². The Bertz CT molecular complexity index is 1250. The zero-order valence-corrected chi connectivity index (χ0v) is 20.8. The van der Waals surface area contributed by atoms with Gasteiger partial charge in [-0.2, -0.15) is 10.2 Å². The molecule has 6 nitrogen and oxygen atoms in total. The number of nitrogens with zero attached hydrogens (tertiary/aromatic N) is 4. The van der Waals surface area contributed by atoms with Gasteiger partial charge in [-0.15, -0.1) is 0 Å². The maximum atomic E-state index is 6.27. The molecule has 0 bridgehead atoms. The third kappa shape index (κ3) is 5.20. The molecule has 2 N–H and O–H groups in total. The molecule has 0 aliphatic rings. The summed E-state index contributed by atoms with van der Waals surface area (Å²) in [7, 11) is 0. The summed E-state index contributed by atoms with van der Waals surface area (Å²) in [5.74, 6) is 0.626. The summed E-state index contributed by atoms with van der Waals surface area (Å²) < 4.78 is 4.59. The quantitative estimate of drug-likeness (QED) is 0.299. The van der Waals surface area contributed by atoms with E-state index in [0.29, 0.717) is 29.0 Å². The predicted molar refractivity (Wildman–Crippen MR) is 138 cm³/mol. The first-order valence-electron chi connectivity index (χ1n) is 10.0. The second-order valence-electron chi connectivity index (χ2n) is 7.38. The molecule has 2 aromatic heterocycles. The lowest BCUT2D eigenvalue weighted by molar-refractivity contribution is 0.659. The number of nitrogens with one attached hydrogen (secondary N) is 2. The monoisotopic (exact) mass is 528 g/mol. The van der Waals surface area contributed by atoms with E-state index in [-0.39, 0.29) is 0 Å². The van der Waals surface area contributed by atoms with Gasteiger partial charge in [-0.25, -0.2) is 0 Å². The minimum atomic E-state index is 0.444. The van der Waals surface area contributed by atoms with Crippen LogP contribution < -0.4 is 10.6 Å². The number of rotatable bonds is 6. The zero-order valence-electron chi connectivity index (χ0n) is 17.6. The number of aryl methyl sites for hydroxylation is 1. The van der Waals surface area contributed by atoms with E-state index in [2.05, 4.69) is 48.9 Å². The molecule has 0 radical (unpaired) electrons. The number of hydrogen-bond acceptors (Lipinski definition) is 3. The van der Waals surface area contributed by atoms with E-state index in [1.165, 1.54) is 5.56 Å². The van der Waals surface area contributed by atoms with Gasteiger partial charge < -0.3 is 10.6 Å². The van der Waals surface area contributed by atoms with Gasteiger partial charge in [-0.05, 0) is 59.2 Å². The largest absolute Gasteiger partial charge is 0.329 e. The van der Waals surface area contributed by atoms with Crippen molar-refractivity contribution in [2.45, 2.75) is 26.9 Å². The standard InChI is InChI=1S/C23H22BrClN6S/c1-15-21(16(2)31(28-15)12-17-8-4-3-5-9-17)26-23(32)27-22-19(24)14-30(29-22)13-18-10-6-7-11-20(18)25/h3-11,14H,12-13H2,1-2H3,(H2,26,27,29,32). The van der Waals surface area contributed by atoms with Crippen molar-refractivity contribution in [3.63, 3.8) is 0 Å². The number of aromatic nitrogens is 4. The van der Waals surface area contributed by atoms with Crippen molar-refractivity contribution in [2.75, 3.05) is 10.6 Å². The van der Waals surface area contributed by atoms with Gasteiger partial charge >= 0.3 is 0 Å². The summed E-state index contributed by atoms with van der Waals surface area (Å²) in [5, 5.41) is 16.8. The van der Waals surface area contributed by atoms with Crippen LogP contribution in [0.15, 0.2) is 65.3 Å². The van der Waals surface area contributed by atoms with Crippen molar-refractivity contribution in [3.05, 3.63) is 92.8 Å². The molecular weight excluding hydrogens is 508 g/mol. The highest BCUT2D eigenvalue weighted by Crippen LogP contribution is 2.24. The fraction of sp³-hybridized carbons (Fsp3) is 0.174. The van der Waals surface area contributed by atoms with E-state index in [9.17, 15) is 0 Å². The molecular formula is C23H22BrClN6S. The average molecular weight is 530 g/mol. The molecule has 4 rings (SSSR count). The smallest absolute Gasteiger partial charge is 0.176 e. The van der Waals surface area contributed by atoms with Gasteiger partial charge in [0.25, 0.3) is 0 Å². The lowest BCUT2D eigenvalue weighted by Crippen LogP contribution is -2.20. The minimum Gasteiger partial charge on any atom is -0.329 e. The van der Waals surface area contributed by atoms with Gasteiger partial charge in [0.2, 0.25) is 0 Å². The molecule has 0 atom stereocenters. The summed E-state index contributed by atoms with van der Waals surface area (Å²) in [6.07, 6.45) is 1.89. The van der Waals surface area contributed by atoms with Crippen LogP contribution in [0.25, 0.3) is 0 Å². The Morgan fingerprint density at radius 2 is 1.72 bits per heavy atom. The van der Waals surface area contributed by atoms with E-state index in [1.54, 1.807) is 0 Å². The van der Waals surface area contributed by atoms with Crippen molar-refractivity contribution < 1.29 is 0 Å². The van der Waals surface area contributed by atoms with Crippen molar-refractivity contribution in [3.8, 4) is 0 Å². The van der Waals surface area contributed by atoms with Gasteiger partial charge in [0.15, 0.2) is 10.9 Å². The van der Waals surface area contributed by atoms with Crippen molar-refractivity contribution in [1.29, 1.82) is 0 Å². The second-order valence-corrected chi connectivity index (χ2v) is 9.05. The fourth-order valence-corrected chi connectivity index (χ4v) is 4.21. The van der Waals surface area contributed by atoms with Crippen LogP contribution in [0.3, 0.4) is 0 Å². The van der Waals surface area contributed by atoms with Crippen LogP contribution >= 0.6 is 39.7 Å². The van der Waals surface area contributed by atoms with E-state index >= 15 is 0 Å². The SMILES string of the molecule is Cc1nn(Cc2ccccc2)c(C)c1NC(=S)Nc1nn(Cc2ccccc2Cl)cc1Br. The Morgan fingerprint density at radius 3 is 2.47 bits per heavy atom. The van der Waals surface area contributed by atoms with E-state index in [1.807, 2.05) is 71.9 Å². The summed E-state index contributed by atoms with van der Waals surface area (Å²) in [6.45, 7) is 5.26. The van der Waals surface area contributed by atoms with Crippen molar-refractivity contribution in [1.82, 2.24) is 19.6 Å². The summed E-state index contributed by atoms with van der Waals surface area (Å²) >= 11 is 15.4. The lowest BCUT2D eigenvalue weighted by Gasteiger charge is -2.10. The Labute approximate surface area is 205 Å². The highest BCUT2D eigenvalue weighted by molar-refractivity contribution is 9.10. The molecule has 0 fully saturated rings. The molecule has 32 heavy (non-hydrogen) atoms. The average Bonchev–Trinajstić information content (AvgIpc) is 3.23. The van der Waals surface area contributed by atoms with Crippen LogP contribution in [0.5, 0.6) is 0 Å². The number of thiocarbonyl (C=S) groups is 1. The Kier molecular flexibility index (Phi) is 6.93. The normalized spacial score (nSPS) is 10.9. The molecule has 0 amide bonds. The van der Waals surface area contributed by atoms with Gasteiger partial charge in [0.1, 0.15) is 0 Å². The Balaban J connectivity index is 1.44. The molecule has 4 aromatic rings. The topological polar surface area (TPSA) is 59.7 Å². The summed E-state index contributed by atoms with van der Waals surface area (Å²) in [6, 6.07) is 18.0. The first-order valence-corrected chi connectivity index (χ1v) is 11.6. The highest BCUT2D eigenvalue weighted by Gasteiger charge is 2.15. The molecule has 2 aromatic carbocycles. The van der Waals surface area contributed by atoms with E-state index < -0.39 is 0 Å². The van der Waals surface area contributed by atoms with Gasteiger partial charge in [0.05, 0.1) is 34.6 Å². The molecule has 2 heterocycles. The molecule has 9 heteroatoms.